The van der Waals surface area contributed by atoms with Gasteiger partial charge in [0.25, 0.3) is 0 Å². The van der Waals surface area contributed by atoms with Crippen LogP contribution in [0.25, 0.3) is 0 Å². The maximum atomic E-state index is 5.53. The van der Waals surface area contributed by atoms with E-state index in [-0.39, 0.29) is 0 Å². The van der Waals surface area contributed by atoms with Gasteiger partial charge in [0.1, 0.15) is 12.4 Å². The summed E-state index contributed by atoms with van der Waals surface area (Å²) < 4.78 is 5.53. The van der Waals surface area contributed by atoms with E-state index in [1.165, 1.54) is 11.1 Å². The Morgan fingerprint density at radius 2 is 1.90 bits per heavy atom. The van der Waals surface area contributed by atoms with Crippen LogP contribution in [0.4, 0.5) is 5.69 Å². The molecule has 1 N–H and O–H groups in total. The molecular weight excluding hydrogens is 246 g/mol. The number of anilines is 1. The molecule has 0 amide bonds. The van der Waals surface area contributed by atoms with E-state index in [9.17, 15) is 0 Å². The molecular formula is C18H21NO. The summed E-state index contributed by atoms with van der Waals surface area (Å²) in [6, 6.07) is 16.7. The average molecular weight is 267 g/mol. The van der Waals surface area contributed by atoms with Crippen LogP contribution in [0.15, 0.2) is 61.2 Å². The summed E-state index contributed by atoms with van der Waals surface area (Å²) in [6.07, 6.45) is 2.82. The molecule has 2 aromatic rings. The maximum Gasteiger partial charge on any atom is 0.120 e. The van der Waals surface area contributed by atoms with Gasteiger partial charge in [-0.1, -0.05) is 43.8 Å². The van der Waals surface area contributed by atoms with Gasteiger partial charge in [-0.25, -0.2) is 0 Å². The summed E-state index contributed by atoms with van der Waals surface area (Å²) in [5, 5.41) is 3.42. The first kappa shape index (κ1) is 14.2. The zero-order chi connectivity index (χ0) is 14.2. The summed E-state index contributed by atoms with van der Waals surface area (Å²) in [5.74, 6) is 0.880. The van der Waals surface area contributed by atoms with Gasteiger partial charge in [-0.3, -0.25) is 0 Å². The van der Waals surface area contributed by atoms with E-state index in [1.54, 1.807) is 6.08 Å². The Kier molecular flexibility index (Phi) is 5.24. The van der Waals surface area contributed by atoms with E-state index in [4.69, 9.17) is 4.74 Å². The number of nitrogens with one attached hydrogen (secondary N) is 1. The molecule has 0 saturated carbocycles. The van der Waals surface area contributed by atoms with Crippen LogP contribution in [0.5, 0.6) is 5.75 Å². The van der Waals surface area contributed by atoms with Crippen molar-refractivity contribution >= 4 is 5.69 Å². The standard InChI is InChI=1S/C18H21NO/c1-3-12-20-18-7-5-6-16(13-18)14-19-17-10-8-15(4-2)9-11-17/h3,5-11,13,19H,1,4,12,14H2,2H3. The van der Waals surface area contributed by atoms with Crippen molar-refractivity contribution in [3.05, 3.63) is 72.3 Å². The van der Waals surface area contributed by atoms with Gasteiger partial charge < -0.3 is 10.1 Å². The van der Waals surface area contributed by atoms with Crippen LogP contribution in [-0.4, -0.2) is 6.61 Å². The van der Waals surface area contributed by atoms with Crippen LogP contribution < -0.4 is 10.1 Å². The second-order valence-corrected chi connectivity index (χ2v) is 4.65. The number of hydrogen-bond acceptors (Lipinski definition) is 2. The lowest BCUT2D eigenvalue weighted by Crippen LogP contribution is -2.00. The number of aryl methyl sites for hydroxylation is 1. The molecule has 20 heavy (non-hydrogen) atoms. The molecule has 0 unspecified atom stereocenters. The fraction of sp³-hybridized carbons (Fsp3) is 0.222. The lowest BCUT2D eigenvalue weighted by molar-refractivity contribution is 0.363. The zero-order valence-corrected chi connectivity index (χ0v) is 11.9. The van der Waals surface area contributed by atoms with Crippen LogP contribution in [-0.2, 0) is 13.0 Å². The molecule has 0 fully saturated rings. The monoisotopic (exact) mass is 267 g/mol. The van der Waals surface area contributed by atoms with E-state index in [0.717, 1.165) is 24.4 Å². The van der Waals surface area contributed by atoms with Gasteiger partial charge in [-0.15, -0.1) is 0 Å². The topological polar surface area (TPSA) is 21.3 Å². The fourth-order valence-corrected chi connectivity index (χ4v) is 1.96. The molecule has 2 aromatic carbocycles. The van der Waals surface area contributed by atoms with Crippen LogP contribution in [0.2, 0.25) is 0 Å². The third kappa shape index (κ3) is 4.16. The van der Waals surface area contributed by atoms with Crippen LogP contribution >= 0.6 is 0 Å². The largest absolute Gasteiger partial charge is 0.490 e. The summed E-state index contributed by atoms with van der Waals surface area (Å²) in [6.45, 7) is 7.14. The second-order valence-electron chi connectivity index (χ2n) is 4.65. The van der Waals surface area contributed by atoms with Crippen molar-refractivity contribution in [1.29, 1.82) is 0 Å². The molecule has 0 atom stereocenters. The molecule has 0 aliphatic heterocycles. The lowest BCUT2D eigenvalue weighted by Gasteiger charge is -2.09. The molecule has 0 aliphatic rings. The highest BCUT2D eigenvalue weighted by Gasteiger charge is 1.97. The summed E-state index contributed by atoms with van der Waals surface area (Å²) in [4.78, 5) is 0. The van der Waals surface area contributed by atoms with Crippen LogP contribution in [0.1, 0.15) is 18.1 Å². The minimum Gasteiger partial charge on any atom is -0.490 e. The Bertz CT molecular complexity index is 546. The fourth-order valence-electron chi connectivity index (χ4n) is 1.96. The Morgan fingerprint density at radius 3 is 2.60 bits per heavy atom. The lowest BCUT2D eigenvalue weighted by atomic mass is 10.1. The first-order valence-corrected chi connectivity index (χ1v) is 6.97. The van der Waals surface area contributed by atoms with Crippen molar-refractivity contribution in [2.75, 3.05) is 11.9 Å². The number of ether oxygens (including phenoxy) is 1. The van der Waals surface area contributed by atoms with Crippen molar-refractivity contribution in [2.45, 2.75) is 19.9 Å². The number of hydrogen-bond donors (Lipinski definition) is 1. The van der Waals surface area contributed by atoms with Gasteiger partial charge in [0.2, 0.25) is 0 Å². The molecule has 0 saturated heterocycles. The summed E-state index contributed by atoms with van der Waals surface area (Å²) >= 11 is 0. The second kappa shape index (κ2) is 7.39. The molecule has 104 valence electrons. The van der Waals surface area contributed by atoms with Crippen molar-refractivity contribution in [3.63, 3.8) is 0 Å². The predicted octanol–water partition coefficient (Wildman–Crippen LogP) is 4.43. The van der Waals surface area contributed by atoms with Crippen molar-refractivity contribution in [2.24, 2.45) is 0 Å². The molecule has 2 heteroatoms. The Hall–Kier alpha value is -2.22. The van der Waals surface area contributed by atoms with Crippen LogP contribution in [0, 0.1) is 0 Å². The first-order valence-electron chi connectivity index (χ1n) is 6.97. The molecule has 0 bridgehead atoms. The van der Waals surface area contributed by atoms with E-state index in [2.05, 4.69) is 55.2 Å². The quantitative estimate of drug-likeness (QED) is 0.749. The molecule has 0 radical (unpaired) electrons. The van der Waals surface area contributed by atoms with Crippen LogP contribution in [0.3, 0.4) is 0 Å². The van der Waals surface area contributed by atoms with Gasteiger partial charge in [0.05, 0.1) is 0 Å². The van der Waals surface area contributed by atoms with E-state index >= 15 is 0 Å². The normalized spacial score (nSPS) is 10.1. The van der Waals surface area contributed by atoms with Crippen molar-refractivity contribution in [1.82, 2.24) is 0 Å². The summed E-state index contributed by atoms with van der Waals surface area (Å²) in [7, 11) is 0. The maximum absolute atomic E-state index is 5.53. The minimum atomic E-state index is 0.537. The van der Waals surface area contributed by atoms with Gasteiger partial charge in [-0.2, -0.15) is 0 Å². The number of rotatable bonds is 7. The van der Waals surface area contributed by atoms with E-state index in [1.807, 2.05) is 12.1 Å². The first-order chi connectivity index (χ1) is 9.81. The zero-order valence-electron chi connectivity index (χ0n) is 11.9. The molecule has 2 rings (SSSR count). The molecule has 0 aromatic heterocycles. The number of benzene rings is 2. The van der Waals surface area contributed by atoms with E-state index in [0.29, 0.717) is 6.61 Å². The van der Waals surface area contributed by atoms with Gasteiger partial charge in [0.15, 0.2) is 0 Å². The Labute approximate surface area is 121 Å². The van der Waals surface area contributed by atoms with Gasteiger partial charge in [-0.05, 0) is 41.8 Å². The smallest absolute Gasteiger partial charge is 0.120 e. The van der Waals surface area contributed by atoms with Gasteiger partial charge >= 0.3 is 0 Å². The summed E-state index contributed by atoms with van der Waals surface area (Å²) in [5.41, 5.74) is 3.70. The highest BCUT2D eigenvalue weighted by Crippen LogP contribution is 2.16. The van der Waals surface area contributed by atoms with E-state index < -0.39 is 0 Å². The average Bonchev–Trinajstić information content (AvgIpc) is 2.52. The molecule has 0 heterocycles. The molecule has 0 spiro atoms. The molecule has 2 nitrogen and oxygen atoms in total. The highest BCUT2D eigenvalue weighted by molar-refractivity contribution is 5.45. The predicted molar refractivity (Wildman–Crippen MR) is 85.3 cm³/mol. The van der Waals surface area contributed by atoms with Crippen molar-refractivity contribution < 1.29 is 4.74 Å². The minimum absolute atomic E-state index is 0.537. The SMILES string of the molecule is C=CCOc1cccc(CNc2ccc(CC)cc2)c1. The third-order valence-electron chi connectivity index (χ3n) is 3.13. The molecule has 0 aliphatic carbocycles. The van der Waals surface area contributed by atoms with Crippen molar-refractivity contribution in [3.8, 4) is 5.75 Å². The Morgan fingerprint density at radius 1 is 1.10 bits per heavy atom. The Balaban J connectivity index is 1.93. The third-order valence-corrected chi connectivity index (χ3v) is 3.13. The van der Waals surface area contributed by atoms with Gasteiger partial charge in [0, 0.05) is 12.2 Å². The highest BCUT2D eigenvalue weighted by atomic mass is 16.5.